The molecule has 6 heteroatoms. The van der Waals surface area contributed by atoms with Crippen molar-refractivity contribution in [3.8, 4) is 11.3 Å². The summed E-state index contributed by atoms with van der Waals surface area (Å²) >= 11 is 7.70. The van der Waals surface area contributed by atoms with Crippen LogP contribution in [-0.2, 0) is 12.1 Å². The van der Waals surface area contributed by atoms with Gasteiger partial charge in [0.15, 0.2) is 0 Å². The number of imidazole rings is 1. The number of allylic oxidation sites excluding steroid dienone is 1. The van der Waals surface area contributed by atoms with Gasteiger partial charge in [0.25, 0.3) is 0 Å². The highest BCUT2D eigenvalue weighted by Gasteiger charge is 2.71. The first-order chi connectivity index (χ1) is 14.4. The number of hydrogen-bond donors (Lipinski definition) is 1. The van der Waals surface area contributed by atoms with Crippen molar-refractivity contribution in [1.82, 2.24) is 9.55 Å². The molecule has 3 aliphatic rings. The first-order valence-electron chi connectivity index (χ1n) is 10.4. The third-order valence-corrected chi connectivity index (χ3v) is 9.20. The van der Waals surface area contributed by atoms with Crippen molar-refractivity contribution in [1.29, 1.82) is 0 Å². The van der Waals surface area contributed by atoms with Crippen LogP contribution in [-0.4, -0.2) is 14.7 Å². The molecule has 1 aliphatic heterocycles. The van der Waals surface area contributed by atoms with E-state index in [0.29, 0.717) is 0 Å². The maximum atomic E-state index is 13.4. The number of rotatable bonds is 2. The first kappa shape index (κ1) is 18.8. The van der Waals surface area contributed by atoms with Crippen molar-refractivity contribution >= 4 is 29.0 Å². The maximum Gasteiger partial charge on any atom is 0.123 e. The Morgan fingerprint density at radius 2 is 2.03 bits per heavy atom. The lowest BCUT2D eigenvalue weighted by molar-refractivity contribution is -0.254. The highest BCUT2D eigenvalue weighted by atomic mass is 35.5. The molecule has 2 aromatic heterocycles. The van der Waals surface area contributed by atoms with Gasteiger partial charge < -0.3 is 9.67 Å². The summed E-state index contributed by atoms with van der Waals surface area (Å²) in [6, 6.07) is 10.4. The van der Waals surface area contributed by atoms with Crippen molar-refractivity contribution < 1.29 is 9.50 Å². The van der Waals surface area contributed by atoms with E-state index < -0.39 is 5.60 Å². The summed E-state index contributed by atoms with van der Waals surface area (Å²) in [6.45, 7) is 3.02. The molecule has 2 fully saturated rings. The predicted octanol–water partition coefficient (Wildman–Crippen LogP) is 6.13. The summed E-state index contributed by atoms with van der Waals surface area (Å²) in [5, 5.41) is 11.8. The van der Waals surface area contributed by atoms with Crippen LogP contribution >= 0.6 is 22.9 Å². The Balaban J connectivity index is 1.43. The summed E-state index contributed by atoms with van der Waals surface area (Å²) in [7, 11) is 0. The van der Waals surface area contributed by atoms with E-state index in [4.69, 9.17) is 11.6 Å². The lowest BCUT2D eigenvalue weighted by Gasteiger charge is -2.69. The Hall–Kier alpha value is -1.95. The molecule has 0 bridgehead atoms. The molecule has 1 N–H and O–H groups in total. The molecule has 1 unspecified atom stereocenters. The molecule has 2 aliphatic carbocycles. The van der Waals surface area contributed by atoms with Gasteiger partial charge in [-0.05, 0) is 61.7 Å². The standard InChI is InChI=1S/C24H22ClFN2OS/c1-14-23-12-28-13-27-22(15-5-7-17(26)8-6-15)18(28)11-16(23)3-2-4-19(23)24(14,29)20-9-10-21(25)30-20/h5-11,13-14,19,29H,2-4,12H2,1H3/t14?,19-,23+,24-/m0/s1. The molecule has 1 aromatic carbocycles. The zero-order valence-corrected chi connectivity index (χ0v) is 18.2. The fourth-order valence-corrected chi connectivity index (χ4v) is 7.69. The van der Waals surface area contributed by atoms with Gasteiger partial charge in [0, 0.05) is 34.2 Å². The van der Waals surface area contributed by atoms with Gasteiger partial charge in [-0.2, -0.15) is 0 Å². The van der Waals surface area contributed by atoms with Gasteiger partial charge in [-0.3, -0.25) is 0 Å². The Kier molecular flexibility index (Phi) is 3.94. The normalized spacial score (nSPS) is 31.9. The predicted molar refractivity (Wildman–Crippen MR) is 118 cm³/mol. The number of hydrogen-bond acceptors (Lipinski definition) is 3. The molecule has 0 radical (unpaired) electrons. The Bertz CT molecular complexity index is 1180. The summed E-state index contributed by atoms with van der Waals surface area (Å²) in [4.78, 5) is 5.66. The van der Waals surface area contributed by atoms with Crippen molar-refractivity contribution in [3.05, 3.63) is 69.0 Å². The number of nitrogens with zero attached hydrogens (tertiary/aromatic N) is 2. The van der Waals surface area contributed by atoms with Crippen LogP contribution in [0.25, 0.3) is 17.3 Å². The molecule has 6 rings (SSSR count). The number of benzene rings is 1. The molecule has 0 amide bonds. The highest BCUT2D eigenvalue weighted by Crippen LogP contribution is 2.72. The van der Waals surface area contributed by atoms with Gasteiger partial charge in [0.1, 0.15) is 11.4 Å². The molecular weight excluding hydrogens is 419 g/mol. The van der Waals surface area contributed by atoms with E-state index in [1.807, 2.05) is 18.5 Å². The minimum absolute atomic E-state index is 0.0444. The number of aromatic nitrogens is 2. The second-order valence-electron chi connectivity index (χ2n) is 8.92. The molecule has 3 nitrogen and oxygen atoms in total. The summed E-state index contributed by atoms with van der Waals surface area (Å²) in [5.74, 6) is 0.0381. The summed E-state index contributed by atoms with van der Waals surface area (Å²) in [5.41, 5.74) is 3.47. The third kappa shape index (κ3) is 2.26. The average Bonchev–Trinajstić information content (AvgIpc) is 3.37. The van der Waals surface area contributed by atoms with Crippen LogP contribution in [0, 0.1) is 23.1 Å². The Morgan fingerprint density at radius 3 is 2.77 bits per heavy atom. The molecule has 154 valence electrons. The van der Waals surface area contributed by atoms with Crippen LogP contribution in [0.4, 0.5) is 4.39 Å². The molecule has 0 saturated heterocycles. The molecule has 3 aromatic rings. The van der Waals surface area contributed by atoms with Gasteiger partial charge in [-0.1, -0.05) is 24.1 Å². The van der Waals surface area contributed by atoms with Crippen LogP contribution in [0.5, 0.6) is 0 Å². The lowest BCUT2D eigenvalue weighted by Crippen LogP contribution is -2.69. The van der Waals surface area contributed by atoms with Crippen LogP contribution in [0.2, 0.25) is 4.34 Å². The number of aliphatic hydroxyl groups is 1. The van der Waals surface area contributed by atoms with E-state index in [-0.39, 0.29) is 23.1 Å². The van der Waals surface area contributed by atoms with Crippen LogP contribution < -0.4 is 0 Å². The second kappa shape index (κ2) is 6.28. The molecule has 2 saturated carbocycles. The quantitative estimate of drug-likeness (QED) is 0.520. The van der Waals surface area contributed by atoms with Crippen LogP contribution in [0.15, 0.2) is 48.3 Å². The van der Waals surface area contributed by atoms with Gasteiger partial charge >= 0.3 is 0 Å². The average molecular weight is 441 g/mol. The minimum atomic E-state index is -0.824. The van der Waals surface area contributed by atoms with E-state index in [1.165, 1.54) is 29.0 Å². The van der Waals surface area contributed by atoms with E-state index in [0.717, 1.165) is 52.0 Å². The number of fused-ring (bicyclic) bond motifs is 1. The fraction of sp³-hybridized carbons (Fsp3) is 0.375. The number of halogens is 2. The number of thiophene rings is 1. The van der Waals surface area contributed by atoms with Crippen molar-refractivity contribution in [3.63, 3.8) is 0 Å². The van der Waals surface area contributed by atoms with E-state index in [2.05, 4.69) is 22.6 Å². The van der Waals surface area contributed by atoms with Gasteiger partial charge in [0.05, 0.1) is 22.1 Å². The topological polar surface area (TPSA) is 38.0 Å². The molecule has 1 spiro atoms. The smallest absolute Gasteiger partial charge is 0.123 e. The molecule has 3 heterocycles. The van der Waals surface area contributed by atoms with Crippen molar-refractivity contribution in [2.24, 2.45) is 17.3 Å². The minimum Gasteiger partial charge on any atom is -0.384 e. The van der Waals surface area contributed by atoms with Crippen molar-refractivity contribution in [2.75, 3.05) is 0 Å². The van der Waals surface area contributed by atoms with Gasteiger partial charge in [0.2, 0.25) is 0 Å². The van der Waals surface area contributed by atoms with Gasteiger partial charge in [-0.15, -0.1) is 11.3 Å². The molecule has 30 heavy (non-hydrogen) atoms. The molecular formula is C24H22ClFN2OS. The van der Waals surface area contributed by atoms with Gasteiger partial charge in [-0.25, -0.2) is 9.37 Å². The zero-order valence-electron chi connectivity index (χ0n) is 16.6. The lowest BCUT2D eigenvalue weighted by atomic mass is 9.38. The summed E-state index contributed by atoms with van der Waals surface area (Å²) in [6.07, 6.45) is 7.33. The van der Waals surface area contributed by atoms with Crippen LogP contribution in [0.1, 0.15) is 36.8 Å². The SMILES string of the molecule is CC1[C@]23Cn4cnc(-c5ccc(F)cc5)c4C=C2CCC[C@@H]3[C@]1(O)c1ccc(Cl)s1. The van der Waals surface area contributed by atoms with E-state index >= 15 is 0 Å². The van der Waals surface area contributed by atoms with Crippen molar-refractivity contribution in [2.45, 2.75) is 38.3 Å². The Morgan fingerprint density at radius 1 is 1.23 bits per heavy atom. The second-order valence-corrected chi connectivity index (χ2v) is 10.6. The van der Waals surface area contributed by atoms with Crippen LogP contribution in [0.3, 0.4) is 0 Å². The van der Waals surface area contributed by atoms with E-state index in [1.54, 1.807) is 12.1 Å². The monoisotopic (exact) mass is 440 g/mol. The largest absolute Gasteiger partial charge is 0.384 e. The first-order valence-corrected chi connectivity index (χ1v) is 11.6. The summed E-state index contributed by atoms with van der Waals surface area (Å²) < 4.78 is 16.3. The van der Waals surface area contributed by atoms with E-state index in [9.17, 15) is 9.50 Å². The third-order valence-electron chi connectivity index (χ3n) is 7.83. The molecule has 4 atom stereocenters. The maximum absolute atomic E-state index is 13.4. The zero-order chi connectivity index (χ0) is 20.7. The highest BCUT2D eigenvalue weighted by molar-refractivity contribution is 7.16. The fourth-order valence-electron chi connectivity index (χ4n) is 6.42. The Labute approximate surface area is 183 Å².